The first-order chi connectivity index (χ1) is 12.9. The molecule has 3 rings (SSSR count). The first-order valence-corrected chi connectivity index (χ1v) is 10.3. The summed E-state index contributed by atoms with van der Waals surface area (Å²) < 4.78 is 28.9. The Bertz CT molecular complexity index is 948. The fraction of sp³-hybridized carbons (Fsp3) is 0.263. The van der Waals surface area contributed by atoms with Gasteiger partial charge in [-0.1, -0.05) is 12.1 Å². The number of rotatable bonds is 4. The molecule has 0 radical (unpaired) electrons. The van der Waals surface area contributed by atoms with Gasteiger partial charge in [-0.15, -0.1) is 0 Å². The van der Waals surface area contributed by atoms with Crippen molar-refractivity contribution in [3.05, 3.63) is 59.7 Å². The predicted molar refractivity (Wildman–Crippen MR) is 101 cm³/mol. The van der Waals surface area contributed by atoms with Crippen molar-refractivity contribution in [1.82, 2.24) is 4.90 Å². The van der Waals surface area contributed by atoms with Crippen LogP contribution in [0.2, 0.25) is 0 Å². The maximum atomic E-state index is 12.5. The third-order valence-electron chi connectivity index (χ3n) is 4.23. The molecule has 0 unspecified atom stereocenters. The molecule has 1 heterocycles. The molecule has 1 fully saturated rings. The first kappa shape index (κ1) is 19.1. The van der Waals surface area contributed by atoms with E-state index >= 15 is 0 Å². The van der Waals surface area contributed by atoms with E-state index in [0.29, 0.717) is 37.4 Å². The minimum absolute atomic E-state index is 0.0532. The molecule has 27 heavy (non-hydrogen) atoms. The van der Waals surface area contributed by atoms with Gasteiger partial charge in [0, 0.05) is 30.5 Å². The average molecular weight is 388 g/mol. The molecule has 0 aromatic heterocycles. The highest BCUT2D eigenvalue weighted by Crippen LogP contribution is 2.21. The van der Waals surface area contributed by atoms with Crippen molar-refractivity contribution in [2.24, 2.45) is 0 Å². The minimum Gasteiger partial charge on any atom is -0.378 e. The molecule has 0 saturated carbocycles. The van der Waals surface area contributed by atoms with E-state index < -0.39 is 15.7 Å². The Hall–Kier alpha value is -2.71. The second-order valence-electron chi connectivity index (χ2n) is 6.20. The molecule has 1 saturated heterocycles. The van der Waals surface area contributed by atoms with Gasteiger partial charge in [-0.05, 0) is 36.4 Å². The lowest BCUT2D eigenvalue weighted by Crippen LogP contribution is -2.40. The zero-order chi connectivity index (χ0) is 19.4. The number of sulfone groups is 1. The minimum atomic E-state index is -3.47. The Morgan fingerprint density at radius 2 is 1.56 bits per heavy atom. The predicted octanol–water partition coefficient (Wildman–Crippen LogP) is 1.81. The van der Waals surface area contributed by atoms with Crippen LogP contribution in [0.5, 0.6) is 0 Å². The molecule has 0 aliphatic carbocycles. The number of para-hydroxylation sites is 1. The summed E-state index contributed by atoms with van der Waals surface area (Å²) in [5.41, 5.74) is 1.04. The third-order valence-corrected chi connectivity index (χ3v) is 5.38. The van der Waals surface area contributed by atoms with Crippen LogP contribution < -0.4 is 5.32 Å². The highest BCUT2D eigenvalue weighted by atomic mass is 32.2. The number of anilines is 1. The van der Waals surface area contributed by atoms with Crippen LogP contribution in [0.3, 0.4) is 0 Å². The number of carbonyl (C=O) groups is 2. The van der Waals surface area contributed by atoms with Crippen LogP contribution in [0.25, 0.3) is 0 Å². The molecular weight excluding hydrogens is 368 g/mol. The topological polar surface area (TPSA) is 92.8 Å². The molecule has 142 valence electrons. The zero-order valence-corrected chi connectivity index (χ0v) is 15.7. The van der Waals surface area contributed by atoms with Crippen molar-refractivity contribution in [3.63, 3.8) is 0 Å². The molecule has 2 aromatic carbocycles. The maximum absolute atomic E-state index is 12.5. The first-order valence-electron chi connectivity index (χ1n) is 8.44. The number of nitrogens with one attached hydrogen (secondary N) is 1. The van der Waals surface area contributed by atoms with Gasteiger partial charge in [0.1, 0.15) is 0 Å². The molecule has 7 nitrogen and oxygen atoms in total. The van der Waals surface area contributed by atoms with Gasteiger partial charge in [-0.2, -0.15) is 0 Å². The van der Waals surface area contributed by atoms with E-state index in [-0.39, 0.29) is 16.5 Å². The van der Waals surface area contributed by atoms with Crippen molar-refractivity contribution in [2.45, 2.75) is 4.90 Å². The largest absolute Gasteiger partial charge is 0.378 e. The standard InChI is InChI=1S/C19H20N2O5S/c1-27(24,25)17-5-3-2-4-16(17)20-18(22)14-6-8-15(9-7-14)19(23)21-10-12-26-13-11-21/h2-9H,10-13H2,1H3,(H,20,22). The van der Waals surface area contributed by atoms with Crippen LogP contribution in [-0.2, 0) is 14.6 Å². The van der Waals surface area contributed by atoms with E-state index in [9.17, 15) is 18.0 Å². The summed E-state index contributed by atoms with van der Waals surface area (Å²) in [6.07, 6.45) is 1.09. The number of ether oxygens (including phenoxy) is 1. The summed E-state index contributed by atoms with van der Waals surface area (Å²) in [6.45, 7) is 2.13. The molecule has 0 atom stereocenters. The van der Waals surface area contributed by atoms with Crippen molar-refractivity contribution in [2.75, 3.05) is 37.9 Å². The molecular formula is C19H20N2O5S. The molecule has 1 aliphatic heterocycles. The second-order valence-corrected chi connectivity index (χ2v) is 8.19. The second kappa shape index (κ2) is 7.89. The monoisotopic (exact) mass is 388 g/mol. The highest BCUT2D eigenvalue weighted by molar-refractivity contribution is 7.90. The normalized spacial score (nSPS) is 14.6. The van der Waals surface area contributed by atoms with E-state index in [1.165, 1.54) is 12.1 Å². The van der Waals surface area contributed by atoms with Crippen LogP contribution in [0, 0.1) is 0 Å². The number of morpholine rings is 1. The SMILES string of the molecule is CS(=O)(=O)c1ccccc1NC(=O)c1ccc(C(=O)N2CCOCC2)cc1. The van der Waals surface area contributed by atoms with Gasteiger partial charge >= 0.3 is 0 Å². The van der Waals surface area contributed by atoms with Crippen LogP contribution >= 0.6 is 0 Å². The van der Waals surface area contributed by atoms with Gasteiger partial charge in [0.15, 0.2) is 9.84 Å². The van der Waals surface area contributed by atoms with E-state index in [1.807, 2.05) is 0 Å². The zero-order valence-electron chi connectivity index (χ0n) is 14.8. The number of carbonyl (C=O) groups excluding carboxylic acids is 2. The van der Waals surface area contributed by atoms with Gasteiger partial charge in [0.25, 0.3) is 11.8 Å². The quantitative estimate of drug-likeness (QED) is 0.862. The Morgan fingerprint density at radius 3 is 2.19 bits per heavy atom. The highest BCUT2D eigenvalue weighted by Gasteiger charge is 2.19. The third kappa shape index (κ3) is 4.53. The van der Waals surface area contributed by atoms with Crippen molar-refractivity contribution < 1.29 is 22.7 Å². The Kier molecular flexibility index (Phi) is 5.57. The van der Waals surface area contributed by atoms with Crippen LogP contribution in [0.1, 0.15) is 20.7 Å². The summed E-state index contributed by atoms with van der Waals surface area (Å²) in [7, 11) is -3.47. The number of hydrogen-bond donors (Lipinski definition) is 1. The van der Waals surface area contributed by atoms with Crippen molar-refractivity contribution in [3.8, 4) is 0 Å². The van der Waals surface area contributed by atoms with Crippen molar-refractivity contribution in [1.29, 1.82) is 0 Å². The number of amides is 2. The molecule has 0 spiro atoms. The average Bonchev–Trinajstić information content (AvgIpc) is 2.68. The van der Waals surface area contributed by atoms with E-state index in [1.54, 1.807) is 41.3 Å². The smallest absolute Gasteiger partial charge is 0.255 e. The molecule has 2 amide bonds. The summed E-state index contributed by atoms with van der Waals surface area (Å²) in [6, 6.07) is 12.5. The van der Waals surface area contributed by atoms with E-state index in [2.05, 4.69) is 5.32 Å². The Labute approximate surface area is 157 Å². The number of hydrogen-bond acceptors (Lipinski definition) is 5. The van der Waals surface area contributed by atoms with Gasteiger partial charge in [-0.25, -0.2) is 8.42 Å². The van der Waals surface area contributed by atoms with Crippen LogP contribution in [0.4, 0.5) is 5.69 Å². The van der Waals surface area contributed by atoms with Gasteiger partial charge < -0.3 is 15.0 Å². The number of benzene rings is 2. The Morgan fingerprint density at radius 1 is 0.963 bits per heavy atom. The van der Waals surface area contributed by atoms with E-state index in [0.717, 1.165) is 6.26 Å². The molecule has 8 heteroatoms. The van der Waals surface area contributed by atoms with Gasteiger partial charge in [0.05, 0.1) is 23.8 Å². The van der Waals surface area contributed by atoms with Crippen molar-refractivity contribution >= 4 is 27.3 Å². The fourth-order valence-electron chi connectivity index (χ4n) is 2.80. The molecule has 1 aliphatic rings. The summed E-state index contributed by atoms with van der Waals surface area (Å²) in [5, 5.41) is 2.62. The lowest BCUT2D eigenvalue weighted by molar-refractivity contribution is 0.0303. The Balaban J connectivity index is 1.74. The van der Waals surface area contributed by atoms with E-state index in [4.69, 9.17) is 4.74 Å². The summed E-state index contributed by atoms with van der Waals surface area (Å²) >= 11 is 0. The maximum Gasteiger partial charge on any atom is 0.255 e. The van der Waals surface area contributed by atoms with Crippen LogP contribution in [-0.4, -0.2) is 57.7 Å². The summed E-state index contributed by atoms with van der Waals surface area (Å²) in [5.74, 6) is -0.552. The van der Waals surface area contributed by atoms with Gasteiger partial charge in [0.2, 0.25) is 0 Å². The summed E-state index contributed by atoms with van der Waals surface area (Å²) in [4.78, 5) is 26.7. The molecule has 0 bridgehead atoms. The molecule has 2 aromatic rings. The van der Waals surface area contributed by atoms with Gasteiger partial charge in [-0.3, -0.25) is 9.59 Å². The number of nitrogens with zero attached hydrogens (tertiary/aromatic N) is 1. The lowest BCUT2D eigenvalue weighted by atomic mass is 10.1. The fourth-order valence-corrected chi connectivity index (χ4v) is 3.65. The van der Waals surface area contributed by atoms with Crippen LogP contribution in [0.15, 0.2) is 53.4 Å². The lowest BCUT2D eigenvalue weighted by Gasteiger charge is -2.26. The molecule has 1 N–H and O–H groups in total.